The molecule has 0 aliphatic rings. The van der Waals surface area contributed by atoms with Crippen LogP contribution in [-0.2, 0) is 0 Å². The molecule has 0 unspecified atom stereocenters. The smallest absolute Gasteiger partial charge is 0.123 e. The van der Waals surface area contributed by atoms with Crippen molar-refractivity contribution in [3.8, 4) is 0 Å². The van der Waals surface area contributed by atoms with Crippen LogP contribution < -0.4 is 5.73 Å². The van der Waals surface area contributed by atoms with E-state index in [0.29, 0.717) is 6.54 Å². The Balaban J connectivity index is 2.69. The van der Waals surface area contributed by atoms with E-state index in [1.807, 2.05) is 0 Å². The number of thioether (sulfide) groups is 1. The van der Waals surface area contributed by atoms with Crippen LogP contribution >= 0.6 is 11.8 Å². The fourth-order valence-electron chi connectivity index (χ4n) is 0.863. The highest BCUT2D eigenvalue weighted by Gasteiger charge is 2.16. The van der Waals surface area contributed by atoms with Gasteiger partial charge in [-0.1, -0.05) is 0 Å². The number of benzene rings is 1. The summed E-state index contributed by atoms with van der Waals surface area (Å²) in [7, 11) is 0. The average Bonchev–Trinajstić information content (AvgIpc) is 2.09. The maximum absolute atomic E-state index is 12.6. The summed E-state index contributed by atoms with van der Waals surface area (Å²) in [4.78, 5) is 1.05. The van der Waals surface area contributed by atoms with Crippen molar-refractivity contribution in [3.63, 3.8) is 0 Å². The normalized spacial score (nSPS) is 11.7. The van der Waals surface area contributed by atoms with Crippen molar-refractivity contribution in [3.05, 3.63) is 30.1 Å². The first-order chi connectivity index (χ1) is 6.03. The van der Waals surface area contributed by atoms with Gasteiger partial charge in [-0.3, -0.25) is 0 Å². The molecule has 1 aromatic rings. The minimum absolute atomic E-state index is 0.0117. The second kappa shape index (κ2) is 4.11. The Morgan fingerprint density at radius 2 is 1.85 bits per heavy atom. The van der Waals surface area contributed by atoms with E-state index in [0.717, 1.165) is 4.90 Å². The van der Waals surface area contributed by atoms with Crippen LogP contribution in [0, 0.1) is 5.82 Å². The molecule has 3 heteroatoms. The number of halogens is 1. The third-order valence-electron chi connectivity index (χ3n) is 1.70. The Morgan fingerprint density at radius 3 is 2.31 bits per heavy atom. The summed E-state index contributed by atoms with van der Waals surface area (Å²) in [6.45, 7) is 4.75. The molecule has 0 bridgehead atoms. The van der Waals surface area contributed by atoms with Crippen LogP contribution in [-0.4, -0.2) is 11.3 Å². The molecular formula is C10H14FNS. The molecule has 0 atom stereocenters. The van der Waals surface area contributed by atoms with Crippen LogP contribution in [0.5, 0.6) is 0 Å². The van der Waals surface area contributed by atoms with Crippen LogP contribution in [0.2, 0.25) is 0 Å². The van der Waals surface area contributed by atoms with Gasteiger partial charge in [-0.15, -0.1) is 11.8 Å². The first kappa shape index (κ1) is 10.5. The summed E-state index contributed by atoms with van der Waals surface area (Å²) in [6, 6.07) is 6.48. The molecule has 0 radical (unpaired) electrons. The molecule has 1 nitrogen and oxygen atoms in total. The van der Waals surface area contributed by atoms with E-state index in [1.165, 1.54) is 12.1 Å². The molecule has 0 heterocycles. The monoisotopic (exact) mass is 199 g/mol. The Hall–Kier alpha value is -0.540. The molecule has 0 aliphatic heterocycles. The van der Waals surface area contributed by atoms with E-state index in [4.69, 9.17) is 5.73 Å². The van der Waals surface area contributed by atoms with E-state index in [-0.39, 0.29) is 10.6 Å². The number of hydrogen-bond donors (Lipinski definition) is 1. The second-order valence-corrected chi connectivity index (χ2v) is 5.30. The summed E-state index contributed by atoms with van der Waals surface area (Å²) < 4.78 is 12.6. The summed E-state index contributed by atoms with van der Waals surface area (Å²) in [5.74, 6) is -0.199. The minimum Gasteiger partial charge on any atom is -0.329 e. The van der Waals surface area contributed by atoms with Crippen LogP contribution in [0.25, 0.3) is 0 Å². The van der Waals surface area contributed by atoms with Gasteiger partial charge in [0.05, 0.1) is 0 Å². The van der Waals surface area contributed by atoms with Crippen molar-refractivity contribution in [1.82, 2.24) is 0 Å². The molecule has 2 N–H and O–H groups in total. The SMILES string of the molecule is CC(C)(CN)Sc1ccc(F)cc1. The van der Waals surface area contributed by atoms with Gasteiger partial charge in [0, 0.05) is 16.2 Å². The lowest BCUT2D eigenvalue weighted by Gasteiger charge is -2.21. The van der Waals surface area contributed by atoms with E-state index in [1.54, 1.807) is 23.9 Å². The molecule has 13 heavy (non-hydrogen) atoms. The zero-order valence-corrected chi connectivity index (χ0v) is 8.70. The van der Waals surface area contributed by atoms with Crippen molar-refractivity contribution in [2.45, 2.75) is 23.5 Å². The quantitative estimate of drug-likeness (QED) is 0.757. The maximum atomic E-state index is 12.6. The van der Waals surface area contributed by atoms with Crippen molar-refractivity contribution >= 4 is 11.8 Å². The summed E-state index contributed by atoms with van der Waals surface area (Å²) in [5.41, 5.74) is 5.59. The van der Waals surface area contributed by atoms with Gasteiger partial charge in [0.2, 0.25) is 0 Å². The lowest BCUT2D eigenvalue weighted by Crippen LogP contribution is -2.26. The van der Waals surface area contributed by atoms with Gasteiger partial charge < -0.3 is 5.73 Å². The highest BCUT2D eigenvalue weighted by molar-refractivity contribution is 8.00. The molecule has 0 saturated heterocycles. The lowest BCUT2D eigenvalue weighted by molar-refractivity contribution is 0.626. The molecule has 1 aromatic carbocycles. The first-order valence-electron chi connectivity index (χ1n) is 4.18. The van der Waals surface area contributed by atoms with Gasteiger partial charge in [0.25, 0.3) is 0 Å². The Morgan fingerprint density at radius 1 is 1.31 bits per heavy atom. The Bertz CT molecular complexity index is 269. The highest BCUT2D eigenvalue weighted by atomic mass is 32.2. The number of rotatable bonds is 3. The molecule has 1 rings (SSSR count). The fraction of sp³-hybridized carbons (Fsp3) is 0.400. The zero-order valence-electron chi connectivity index (χ0n) is 7.88. The van der Waals surface area contributed by atoms with E-state index < -0.39 is 0 Å². The molecule has 0 amide bonds. The maximum Gasteiger partial charge on any atom is 0.123 e. The van der Waals surface area contributed by atoms with Crippen molar-refractivity contribution in [2.24, 2.45) is 5.73 Å². The molecule has 0 aliphatic carbocycles. The van der Waals surface area contributed by atoms with Gasteiger partial charge >= 0.3 is 0 Å². The van der Waals surface area contributed by atoms with Gasteiger partial charge in [0.15, 0.2) is 0 Å². The summed E-state index contributed by atoms with van der Waals surface area (Å²) in [6.07, 6.45) is 0. The largest absolute Gasteiger partial charge is 0.329 e. The molecule has 0 aromatic heterocycles. The van der Waals surface area contributed by atoms with Gasteiger partial charge in [-0.05, 0) is 38.1 Å². The Labute approximate surface area is 82.5 Å². The third-order valence-corrected chi connectivity index (χ3v) is 2.93. The van der Waals surface area contributed by atoms with E-state index in [2.05, 4.69) is 13.8 Å². The minimum atomic E-state index is -0.199. The fourth-order valence-corrected chi connectivity index (χ4v) is 1.86. The van der Waals surface area contributed by atoms with Crippen LogP contribution in [0.3, 0.4) is 0 Å². The highest BCUT2D eigenvalue weighted by Crippen LogP contribution is 2.31. The van der Waals surface area contributed by atoms with Crippen molar-refractivity contribution in [2.75, 3.05) is 6.54 Å². The second-order valence-electron chi connectivity index (χ2n) is 3.52. The van der Waals surface area contributed by atoms with Crippen LogP contribution in [0.4, 0.5) is 4.39 Å². The lowest BCUT2D eigenvalue weighted by atomic mass is 10.2. The third kappa shape index (κ3) is 3.36. The van der Waals surface area contributed by atoms with Gasteiger partial charge in [-0.2, -0.15) is 0 Å². The average molecular weight is 199 g/mol. The van der Waals surface area contributed by atoms with Gasteiger partial charge in [-0.25, -0.2) is 4.39 Å². The Kier molecular flexibility index (Phi) is 3.33. The van der Waals surface area contributed by atoms with Crippen LogP contribution in [0.1, 0.15) is 13.8 Å². The molecule has 72 valence electrons. The standard InChI is InChI=1S/C10H14FNS/c1-10(2,7-12)13-9-5-3-8(11)4-6-9/h3-6H,7,12H2,1-2H3. The van der Waals surface area contributed by atoms with Crippen molar-refractivity contribution in [1.29, 1.82) is 0 Å². The number of hydrogen-bond acceptors (Lipinski definition) is 2. The predicted molar refractivity (Wildman–Crippen MR) is 55.4 cm³/mol. The molecule has 0 spiro atoms. The van der Waals surface area contributed by atoms with Gasteiger partial charge in [0.1, 0.15) is 5.82 Å². The zero-order chi connectivity index (χ0) is 9.90. The summed E-state index contributed by atoms with van der Waals surface area (Å²) >= 11 is 1.66. The van der Waals surface area contributed by atoms with E-state index >= 15 is 0 Å². The van der Waals surface area contributed by atoms with E-state index in [9.17, 15) is 4.39 Å². The molecule has 0 fully saturated rings. The molecular weight excluding hydrogens is 185 g/mol. The van der Waals surface area contributed by atoms with Crippen LogP contribution in [0.15, 0.2) is 29.2 Å². The van der Waals surface area contributed by atoms with Crippen molar-refractivity contribution < 1.29 is 4.39 Å². The first-order valence-corrected chi connectivity index (χ1v) is 5.00. The number of nitrogens with two attached hydrogens (primary N) is 1. The topological polar surface area (TPSA) is 26.0 Å². The predicted octanol–water partition coefficient (Wildman–Crippen LogP) is 2.66. The molecule has 0 saturated carbocycles. The summed E-state index contributed by atoms with van der Waals surface area (Å²) in [5, 5.41) is 0.